The van der Waals surface area contributed by atoms with Crippen LogP contribution in [0.4, 0.5) is 23.1 Å². The second-order valence-corrected chi connectivity index (χ2v) is 9.06. The lowest BCUT2D eigenvalue weighted by Crippen LogP contribution is -2.45. The molecule has 0 aliphatic carbocycles. The number of hydrogen-bond acceptors (Lipinski definition) is 7. The van der Waals surface area contributed by atoms with Crippen LogP contribution in [0.15, 0.2) is 59.6 Å². The first-order chi connectivity index (χ1) is 14.6. The molecular formula is C20H19ClN6O3S. The first-order valence-electron chi connectivity index (χ1n) is 9.18. The Bertz CT molecular complexity index is 1270. The van der Waals surface area contributed by atoms with Gasteiger partial charge in [0, 0.05) is 24.8 Å². The second-order valence-electron chi connectivity index (χ2n) is 7.06. The molecule has 0 radical (unpaired) electrons. The third kappa shape index (κ3) is 4.05. The smallest absolute Gasteiger partial charge is 0.254 e. The number of nitrogens with one attached hydrogen (secondary N) is 1. The predicted molar refractivity (Wildman–Crippen MR) is 119 cm³/mol. The number of sulfonamides is 1. The van der Waals surface area contributed by atoms with Crippen LogP contribution in [0.1, 0.15) is 11.6 Å². The summed E-state index contributed by atoms with van der Waals surface area (Å²) in [5.74, 6) is 0.729. The predicted octanol–water partition coefficient (Wildman–Crippen LogP) is 2.67. The first-order valence-corrected chi connectivity index (χ1v) is 11.1. The Balaban J connectivity index is 1.67. The molecule has 1 aromatic heterocycles. The van der Waals surface area contributed by atoms with Gasteiger partial charge in [-0.2, -0.15) is 4.98 Å². The van der Waals surface area contributed by atoms with E-state index in [1.165, 1.54) is 17.0 Å². The molecule has 3 N–H and O–H groups in total. The standard InChI is InChI=1S/C20H19ClN6O3S/c1-26-16-11-23-20(24-14-6-8-15(9-7-14)31(22,29)30)25-18(16)27(2)17(19(26)28)12-4-3-5-13(21)10-12/h3-11,17H,1-2H3,(H2,22,29,30)(H,23,24,25). The van der Waals surface area contributed by atoms with Gasteiger partial charge in [0.1, 0.15) is 11.7 Å². The summed E-state index contributed by atoms with van der Waals surface area (Å²) in [5.41, 5.74) is 1.91. The summed E-state index contributed by atoms with van der Waals surface area (Å²) in [6, 6.07) is 12.5. The van der Waals surface area contributed by atoms with E-state index >= 15 is 0 Å². The van der Waals surface area contributed by atoms with Gasteiger partial charge in [-0.1, -0.05) is 23.7 Å². The molecule has 0 fully saturated rings. The zero-order valence-electron chi connectivity index (χ0n) is 16.7. The van der Waals surface area contributed by atoms with Gasteiger partial charge < -0.3 is 15.1 Å². The fraction of sp³-hybridized carbons (Fsp3) is 0.150. The molecule has 11 heteroatoms. The topological polar surface area (TPSA) is 122 Å². The molecule has 0 spiro atoms. The molecule has 31 heavy (non-hydrogen) atoms. The molecule has 1 unspecified atom stereocenters. The quantitative estimate of drug-likeness (QED) is 0.616. The number of aromatic nitrogens is 2. The number of rotatable bonds is 4. The third-order valence-electron chi connectivity index (χ3n) is 5.00. The maximum atomic E-state index is 13.0. The number of carbonyl (C=O) groups is 1. The number of nitrogens with two attached hydrogens (primary N) is 1. The molecule has 1 aliphatic heterocycles. The molecule has 9 nitrogen and oxygen atoms in total. The van der Waals surface area contributed by atoms with Crippen LogP contribution in [0.25, 0.3) is 0 Å². The van der Waals surface area contributed by atoms with Gasteiger partial charge in [-0.3, -0.25) is 4.79 Å². The SMILES string of the molecule is CN1C(=O)C(c2cccc(Cl)c2)N(C)c2nc(Nc3ccc(S(N)(=O)=O)cc3)ncc21. The van der Waals surface area contributed by atoms with Crippen molar-refractivity contribution in [3.8, 4) is 0 Å². The van der Waals surface area contributed by atoms with E-state index in [0.717, 1.165) is 5.56 Å². The van der Waals surface area contributed by atoms with Crippen LogP contribution in [0.3, 0.4) is 0 Å². The van der Waals surface area contributed by atoms with Crippen molar-refractivity contribution in [2.24, 2.45) is 5.14 Å². The normalized spacial score (nSPS) is 16.3. The van der Waals surface area contributed by atoms with Gasteiger partial charge in [-0.05, 0) is 42.0 Å². The molecule has 1 atom stereocenters. The summed E-state index contributed by atoms with van der Waals surface area (Å²) in [5, 5.41) is 8.70. The van der Waals surface area contributed by atoms with Crippen LogP contribution < -0.4 is 20.3 Å². The number of anilines is 4. The zero-order valence-corrected chi connectivity index (χ0v) is 18.2. The highest BCUT2D eigenvalue weighted by Crippen LogP contribution is 2.39. The van der Waals surface area contributed by atoms with E-state index in [2.05, 4.69) is 15.3 Å². The number of benzene rings is 2. The van der Waals surface area contributed by atoms with Gasteiger partial charge in [0.05, 0.1) is 11.1 Å². The van der Waals surface area contributed by atoms with Gasteiger partial charge in [-0.15, -0.1) is 0 Å². The van der Waals surface area contributed by atoms with Crippen molar-refractivity contribution in [1.29, 1.82) is 0 Å². The van der Waals surface area contributed by atoms with Gasteiger partial charge in [0.2, 0.25) is 16.0 Å². The fourth-order valence-electron chi connectivity index (χ4n) is 3.41. The first kappa shape index (κ1) is 21.0. The Morgan fingerprint density at radius 2 is 1.84 bits per heavy atom. The van der Waals surface area contributed by atoms with Gasteiger partial charge in [0.25, 0.3) is 5.91 Å². The van der Waals surface area contributed by atoms with Crippen LogP contribution in [0.2, 0.25) is 5.02 Å². The number of primary sulfonamides is 1. The summed E-state index contributed by atoms with van der Waals surface area (Å²) < 4.78 is 22.8. The number of nitrogens with zero attached hydrogens (tertiary/aromatic N) is 4. The third-order valence-corrected chi connectivity index (χ3v) is 6.16. The fourth-order valence-corrected chi connectivity index (χ4v) is 4.13. The van der Waals surface area contributed by atoms with Gasteiger partial charge in [-0.25, -0.2) is 18.5 Å². The molecule has 2 aromatic carbocycles. The van der Waals surface area contributed by atoms with Crippen molar-refractivity contribution in [2.45, 2.75) is 10.9 Å². The van der Waals surface area contributed by atoms with E-state index in [1.54, 1.807) is 55.5 Å². The molecule has 1 aliphatic rings. The number of amides is 1. The highest BCUT2D eigenvalue weighted by Gasteiger charge is 2.37. The summed E-state index contributed by atoms with van der Waals surface area (Å²) >= 11 is 6.13. The summed E-state index contributed by atoms with van der Waals surface area (Å²) in [4.78, 5) is 25.2. The Morgan fingerprint density at radius 1 is 1.13 bits per heavy atom. The molecule has 0 saturated heterocycles. The van der Waals surface area contributed by atoms with Crippen molar-refractivity contribution in [3.63, 3.8) is 0 Å². The number of likely N-dealkylation sites (N-methyl/N-ethyl adjacent to an activating group) is 2. The zero-order chi connectivity index (χ0) is 22.3. The van der Waals surface area contributed by atoms with E-state index in [1.807, 2.05) is 6.07 Å². The summed E-state index contributed by atoms with van der Waals surface area (Å²) in [6.45, 7) is 0. The Morgan fingerprint density at radius 3 is 2.48 bits per heavy atom. The Kier molecular flexibility index (Phi) is 5.29. The van der Waals surface area contributed by atoms with E-state index < -0.39 is 16.1 Å². The maximum absolute atomic E-state index is 13.0. The molecule has 0 saturated carbocycles. The molecule has 2 heterocycles. The Hall–Kier alpha value is -3.21. The molecular weight excluding hydrogens is 440 g/mol. The minimum Gasteiger partial charge on any atom is -0.342 e. The lowest BCUT2D eigenvalue weighted by Gasteiger charge is -2.38. The molecule has 3 aromatic rings. The van der Waals surface area contributed by atoms with Crippen molar-refractivity contribution >= 4 is 50.7 Å². The average molecular weight is 459 g/mol. The second kappa shape index (κ2) is 7.80. The van der Waals surface area contributed by atoms with Crippen molar-refractivity contribution in [2.75, 3.05) is 29.2 Å². The highest BCUT2D eigenvalue weighted by molar-refractivity contribution is 7.89. The van der Waals surface area contributed by atoms with Crippen LogP contribution >= 0.6 is 11.6 Å². The van der Waals surface area contributed by atoms with E-state index in [-0.39, 0.29) is 10.8 Å². The van der Waals surface area contributed by atoms with E-state index in [0.29, 0.717) is 28.2 Å². The van der Waals surface area contributed by atoms with Crippen molar-refractivity contribution in [1.82, 2.24) is 9.97 Å². The average Bonchev–Trinajstić information content (AvgIpc) is 2.72. The summed E-state index contributed by atoms with van der Waals surface area (Å²) in [6.07, 6.45) is 1.56. The molecule has 1 amide bonds. The summed E-state index contributed by atoms with van der Waals surface area (Å²) in [7, 11) is -0.312. The number of hydrogen-bond donors (Lipinski definition) is 2. The minimum absolute atomic E-state index is 0.00800. The van der Waals surface area contributed by atoms with Crippen molar-refractivity contribution in [3.05, 3.63) is 65.3 Å². The van der Waals surface area contributed by atoms with Crippen LogP contribution in [0, 0.1) is 0 Å². The number of carbonyl (C=O) groups excluding carboxylic acids is 1. The number of halogens is 1. The van der Waals surface area contributed by atoms with Crippen LogP contribution in [-0.4, -0.2) is 38.4 Å². The van der Waals surface area contributed by atoms with Gasteiger partial charge >= 0.3 is 0 Å². The lowest BCUT2D eigenvalue weighted by atomic mass is 10.0. The van der Waals surface area contributed by atoms with E-state index in [9.17, 15) is 13.2 Å². The Labute approximate surface area is 184 Å². The highest BCUT2D eigenvalue weighted by atomic mass is 35.5. The van der Waals surface area contributed by atoms with Crippen LogP contribution in [-0.2, 0) is 14.8 Å². The maximum Gasteiger partial charge on any atom is 0.254 e. The molecule has 4 rings (SSSR count). The monoisotopic (exact) mass is 458 g/mol. The molecule has 0 bridgehead atoms. The largest absolute Gasteiger partial charge is 0.342 e. The number of fused-ring (bicyclic) bond motifs is 1. The van der Waals surface area contributed by atoms with Gasteiger partial charge in [0.15, 0.2) is 5.82 Å². The van der Waals surface area contributed by atoms with Crippen molar-refractivity contribution < 1.29 is 13.2 Å². The molecule has 160 valence electrons. The van der Waals surface area contributed by atoms with E-state index in [4.69, 9.17) is 16.7 Å². The van der Waals surface area contributed by atoms with Crippen LogP contribution in [0.5, 0.6) is 0 Å². The lowest BCUT2D eigenvalue weighted by molar-refractivity contribution is -0.120. The minimum atomic E-state index is -3.77.